The van der Waals surface area contributed by atoms with Gasteiger partial charge < -0.3 is 11.5 Å². The minimum atomic E-state index is -4.45. The van der Waals surface area contributed by atoms with Gasteiger partial charge in [0.1, 0.15) is 5.84 Å². The summed E-state index contributed by atoms with van der Waals surface area (Å²) < 4.78 is 36.6. The third-order valence-corrected chi connectivity index (χ3v) is 1.67. The van der Waals surface area contributed by atoms with Crippen molar-refractivity contribution in [1.29, 1.82) is 5.41 Å². The highest BCUT2D eigenvalue weighted by Crippen LogP contribution is 2.30. The van der Waals surface area contributed by atoms with Crippen LogP contribution >= 0.6 is 0 Å². The number of anilines is 1. The molecule has 0 saturated heterocycles. The van der Waals surface area contributed by atoms with E-state index in [0.29, 0.717) is 0 Å². The van der Waals surface area contributed by atoms with Crippen LogP contribution in [0.4, 0.5) is 18.9 Å². The molecule has 0 atom stereocenters. The van der Waals surface area contributed by atoms with Crippen molar-refractivity contribution in [3.05, 3.63) is 29.3 Å². The van der Waals surface area contributed by atoms with E-state index in [0.717, 1.165) is 18.2 Å². The van der Waals surface area contributed by atoms with Gasteiger partial charge in [-0.05, 0) is 18.2 Å². The molecule has 76 valence electrons. The summed E-state index contributed by atoms with van der Waals surface area (Å²) >= 11 is 0. The van der Waals surface area contributed by atoms with Crippen LogP contribution in [-0.4, -0.2) is 5.84 Å². The first-order valence-corrected chi connectivity index (χ1v) is 3.63. The van der Waals surface area contributed by atoms with Gasteiger partial charge in [-0.3, -0.25) is 5.41 Å². The molecule has 0 heterocycles. The van der Waals surface area contributed by atoms with E-state index < -0.39 is 17.6 Å². The number of benzene rings is 1. The van der Waals surface area contributed by atoms with Crippen molar-refractivity contribution in [2.75, 3.05) is 5.73 Å². The highest BCUT2D eigenvalue weighted by atomic mass is 19.4. The summed E-state index contributed by atoms with van der Waals surface area (Å²) in [4.78, 5) is 0. The van der Waals surface area contributed by atoms with Crippen LogP contribution in [0.25, 0.3) is 0 Å². The second-order valence-electron chi connectivity index (χ2n) is 2.71. The fraction of sp³-hybridized carbons (Fsp3) is 0.125. The van der Waals surface area contributed by atoms with E-state index in [-0.39, 0.29) is 11.3 Å². The number of amidine groups is 1. The summed E-state index contributed by atoms with van der Waals surface area (Å²) in [7, 11) is 0. The van der Waals surface area contributed by atoms with Gasteiger partial charge in [0.2, 0.25) is 0 Å². The lowest BCUT2D eigenvalue weighted by Crippen LogP contribution is -2.15. The Kier molecular flexibility index (Phi) is 2.37. The number of alkyl halides is 3. The van der Waals surface area contributed by atoms with E-state index in [1.807, 2.05) is 0 Å². The molecule has 1 rings (SSSR count). The molecule has 14 heavy (non-hydrogen) atoms. The zero-order valence-corrected chi connectivity index (χ0v) is 7.02. The van der Waals surface area contributed by atoms with Gasteiger partial charge in [-0.25, -0.2) is 0 Å². The van der Waals surface area contributed by atoms with Gasteiger partial charge in [0, 0.05) is 11.3 Å². The molecule has 0 aromatic heterocycles. The molecule has 0 spiro atoms. The lowest BCUT2D eigenvalue weighted by molar-refractivity contribution is -0.137. The summed E-state index contributed by atoms with van der Waals surface area (Å²) in [6.45, 7) is 0. The molecule has 1 aromatic rings. The SMILES string of the molecule is N=C(N)c1cc(C(F)(F)F)ccc1N. The van der Waals surface area contributed by atoms with Crippen LogP contribution in [0.1, 0.15) is 11.1 Å². The molecule has 3 nitrogen and oxygen atoms in total. The molecular formula is C8H8F3N3. The van der Waals surface area contributed by atoms with Gasteiger partial charge in [0.05, 0.1) is 5.56 Å². The number of hydrogen-bond donors (Lipinski definition) is 3. The second-order valence-corrected chi connectivity index (χ2v) is 2.71. The molecule has 0 bridgehead atoms. The summed E-state index contributed by atoms with van der Waals surface area (Å²) in [6.07, 6.45) is -4.45. The maximum Gasteiger partial charge on any atom is 0.416 e. The smallest absolute Gasteiger partial charge is 0.398 e. The Morgan fingerprint density at radius 3 is 2.29 bits per heavy atom. The first kappa shape index (κ1) is 10.4. The molecule has 0 saturated carbocycles. The average Bonchev–Trinajstić information content (AvgIpc) is 2.02. The van der Waals surface area contributed by atoms with Crippen molar-refractivity contribution in [2.24, 2.45) is 5.73 Å². The fourth-order valence-electron chi connectivity index (χ4n) is 0.966. The quantitative estimate of drug-likeness (QED) is 0.368. The molecule has 1 aromatic carbocycles. The third kappa shape index (κ3) is 1.95. The fourth-order valence-corrected chi connectivity index (χ4v) is 0.966. The van der Waals surface area contributed by atoms with E-state index in [4.69, 9.17) is 16.9 Å². The minimum absolute atomic E-state index is 0.0606. The van der Waals surface area contributed by atoms with Crippen molar-refractivity contribution in [1.82, 2.24) is 0 Å². The summed E-state index contributed by atoms with van der Waals surface area (Å²) in [6, 6.07) is 2.69. The summed E-state index contributed by atoms with van der Waals surface area (Å²) in [5, 5.41) is 7.01. The van der Waals surface area contributed by atoms with Crippen LogP contribution in [0, 0.1) is 5.41 Å². The van der Waals surface area contributed by atoms with E-state index in [1.54, 1.807) is 0 Å². The third-order valence-electron chi connectivity index (χ3n) is 1.67. The highest BCUT2D eigenvalue weighted by molar-refractivity contribution is 5.99. The molecule has 0 fully saturated rings. The monoisotopic (exact) mass is 203 g/mol. The van der Waals surface area contributed by atoms with Crippen LogP contribution in [0.15, 0.2) is 18.2 Å². The molecule has 6 heteroatoms. The van der Waals surface area contributed by atoms with E-state index in [1.165, 1.54) is 0 Å². The molecule has 5 N–H and O–H groups in total. The van der Waals surface area contributed by atoms with Gasteiger partial charge >= 0.3 is 6.18 Å². The Bertz CT molecular complexity index is 371. The molecule has 0 aliphatic heterocycles. The number of hydrogen-bond acceptors (Lipinski definition) is 2. The standard InChI is InChI=1S/C8H8F3N3/c9-8(10,11)4-1-2-6(12)5(3-4)7(13)14/h1-3H,12H2,(H3,13,14). The van der Waals surface area contributed by atoms with Crippen LogP contribution < -0.4 is 11.5 Å². The zero-order chi connectivity index (χ0) is 10.9. The maximum atomic E-state index is 12.2. The Labute approximate surface area is 78.0 Å². The van der Waals surface area contributed by atoms with E-state index in [2.05, 4.69) is 0 Å². The Balaban J connectivity index is 3.27. The van der Waals surface area contributed by atoms with Crippen molar-refractivity contribution in [3.8, 4) is 0 Å². The summed E-state index contributed by atoms with van der Waals surface area (Å²) in [5.41, 5.74) is 9.51. The predicted molar refractivity (Wildman–Crippen MR) is 46.9 cm³/mol. The Morgan fingerprint density at radius 1 is 1.29 bits per heavy atom. The number of rotatable bonds is 1. The highest BCUT2D eigenvalue weighted by Gasteiger charge is 2.31. The minimum Gasteiger partial charge on any atom is -0.398 e. The molecule has 0 aliphatic rings. The van der Waals surface area contributed by atoms with Crippen LogP contribution in [0.5, 0.6) is 0 Å². The van der Waals surface area contributed by atoms with Gasteiger partial charge in [-0.15, -0.1) is 0 Å². The Hall–Kier alpha value is -1.72. The van der Waals surface area contributed by atoms with Crippen LogP contribution in [0.2, 0.25) is 0 Å². The number of halogens is 3. The lowest BCUT2D eigenvalue weighted by Gasteiger charge is -2.09. The molecule has 0 unspecified atom stereocenters. The molecule has 0 radical (unpaired) electrons. The van der Waals surface area contributed by atoms with E-state index >= 15 is 0 Å². The van der Waals surface area contributed by atoms with Crippen molar-refractivity contribution >= 4 is 11.5 Å². The van der Waals surface area contributed by atoms with Crippen molar-refractivity contribution < 1.29 is 13.2 Å². The van der Waals surface area contributed by atoms with Gasteiger partial charge in [0.25, 0.3) is 0 Å². The average molecular weight is 203 g/mol. The largest absolute Gasteiger partial charge is 0.416 e. The van der Waals surface area contributed by atoms with Crippen molar-refractivity contribution in [2.45, 2.75) is 6.18 Å². The maximum absolute atomic E-state index is 12.2. The predicted octanol–water partition coefficient (Wildman–Crippen LogP) is 1.57. The lowest BCUT2D eigenvalue weighted by atomic mass is 10.1. The van der Waals surface area contributed by atoms with Gasteiger partial charge in [0.15, 0.2) is 0 Å². The Morgan fingerprint density at radius 2 is 1.86 bits per heavy atom. The van der Waals surface area contributed by atoms with E-state index in [9.17, 15) is 13.2 Å². The molecular weight excluding hydrogens is 195 g/mol. The van der Waals surface area contributed by atoms with Gasteiger partial charge in [-0.1, -0.05) is 0 Å². The first-order valence-electron chi connectivity index (χ1n) is 3.63. The topological polar surface area (TPSA) is 75.9 Å². The van der Waals surface area contributed by atoms with Crippen LogP contribution in [-0.2, 0) is 6.18 Å². The number of nitrogen functional groups attached to an aromatic ring is 2. The molecule has 0 amide bonds. The van der Waals surface area contributed by atoms with Crippen molar-refractivity contribution in [3.63, 3.8) is 0 Å². The first-order chi connectivity index (χ1) is 6.32. The molecule has 0 aliphatic carbocycles. The zero-order valence-electron chi connectivity index (χ0n) is 7.02. The second kappa shape index (κ2) is 3.21. The van der Waals surface area contributed by atoms with Crippen LogP contribution in [0.3, 0.4) is 0 Å². The number of nitrogens with one attached hydrogen (secondary N) is 1. The number of nitrogens with two attached hydrogens (primary N) is 2. The van der Waals surface area contributed by atoms with Gasteiger partial charge in [-0.2, -0.15) is 13.2 Å². The summed E-state index contributed by atoms with van der Waals surface area (Å²) in [5.74, 6) is -0.478. The normalized spacial score (nSPS) is 11.4.